The first-order valence-electron chi connectivity index (χ1n) is 7.54. The van der Waals surface area contributed by atoms with E-state index < -0.39 is 0 Å². The molecule has 0 bridgehead atoms. The molecule has 19 heavy (non-hydrogen) atoms. The van der Waals surface area contributed by atoms with Gasteiger partial charge in [-0.25, -0.2) is 0 Å². The van der Waals surface area contributed by atoms with E-state index >= 15 is 0 Å². The van der Waals surface area contributed by atoms with Crippen LogP contribution in [0.2, 0.25) is 0 Å². The highest BCUT2D eigenvalue weighted by molar-refractivity contribution is 4.89. The van der Waals surface area contributed by atoms with E-state index in [9.17, 15) is 0 Å². The fourth-order valence-electron chi connectivity index (χ4n) is 2.72. The summed E-state index contributed by atoms with van der Waals surface area (Å²) in [5, 5.41) is 11.9. The van der Waals surface area contributed by atoms with E-state index in [1.165, 1.54) is 32.5 Å². The molecule has 1 aromatic heterocycles. The molecular weight excluding hydrogens is 238 g/mol. The maximum atomic E-state index is 4.21. The molecule has 108 valence electrons. The quantitative estimate of drug-likeness (QED) is 0.846. The molecule has 0 atom stereocenters. The summed E-state index contributed by atoms with van der Waals surface area (Å²) in [6.07, 6.45) is 5.33. The molecule has 1 saturated heterocycles. The van der Waals surface area contributed by atoms with Gasteiger partial charge in [0.2, 0.25) is 0 Å². The Hall–Kier alpha value is -0.940. The van der Waals surface area contributed by atoms with Gasteiger partial charge in [-0.05, 0) is 46.3 Å². The molecule has 0 aromatic carbocycles. The number of aromatic nitrogens is 3. The summed E-state index contributed by atoms with van der Waals surface area (Å²) >= 11 is 0. The minimum absolute atomic E-state index is 0.442. The minimum Gasteiger partial charge on any atom is -0.315 e. The molecule has 1 N–H and O–H groups in total. The van der Waals surface area contributed by atoms with Crippen molar-refractivity contribution in [1.29, 1.82) is 0 Å². The molecule has 1 aliphatic heterocycles. The highest BCUT2D eigenvalue weighted by Gasteiger charge is 2.17. The number of rotatable bonds is 6. The summed E-state index contributed by atoms with van der Waals surface area (Å²) in [5.41, 5.74) is 0. The van der Waals surface area contributed by atoms with Crippen molar-refractivity contribution in [3.8, 4) is 0 Å². The first kappa shape index (κ1) is 14.5. The molecule has 0 unspecified atom stereocenters. The third-order valence-electron chi connectivity index (χ3n) is 4.02. The zero-order valence-corrected chi connectivity index (χ0v) is 12.5. The lowest BCUT2D eigenvalue weighted by atomic mass is 10.1. The first-order chi connectivity index (χ1) is 9.20. The maximum Gasteiger partial charge on any atom is 0.134 e. The predicted molar refractivity (Wildman–Crippen MR) is 77.2 cm³/mol. The van der Waals surface area contributed by atoms with E-state index in [0.29, 0.717) is 12.1 Å². The maximum absolute atomic E-state index is 4.21. The van der Waals surface area contributed by atoms with Gasteiger partial charge in [-0.2, -0.15) is 0 Å². The molecule has 5 nitrogen and oxygen atoms in total. The number of hydrogen-bond donors (Lipinski definition) is 1. The van der Waals surface area contributed by atoms with Crippen LogP contribution in [-0.4, -0.2) is 51.9 Å². The number of nitrogens with one attached hydrogen (secondary N) is 1. The van der Waals surface area contributed by atoms with E-state index in [1.54, 1.807) is 0 Å². The van der Waals surface area contributed by atoms with Crippen LogP contribution in [-0.2, 0) is 6.42 Å². The van der Waals surface area contributed by atoms with E-state index in [0.717, 1.165) is 18.8 Å². The van der Waals surface area contributed by atoms with Gasteiger partial charge in [0, 0.05) is 25.0 Å². The van der Waals surface area contributed by atoms with Gasteiger partial charge in [0.1, 0.15) is 12.2 Å². The van der Waals surface area contributed by atoms with Crippen molar-refractivity contribution in [3.63, 3.8) is 0 Å². The van der Waals surface area contributed by atoms with E-state index in [4.69, 9.17) is 0 Å². The number of likely N-dealkylation sites (tertiary alicyclic amines) is 1. The monoisotopic (exact) mass is 265 g/mol. The van der Waals surface area contributed by atoms with Gasteiger partial charge in [0.15, 0.2) is 0 Å². The summed E-state index contributed by atoms with van der Waals surface area (Å²) in [6, 6.07) is 1.12. The molecule has 0 radical (unpaired) electrons. The van der Waals surface area contributed by atoms with E-state index in [2.05, 4.69) is 45.8 Å². The van der Waals surface area contributed by atoms with Gasteiger partial charge >= 0.3 is 0 Å². The number of hydrogen-bond acceptors (Lipinski definition) is 4. The molecular formula is C14H27N5. The number of nitrogens with zero attached hydrogens (tertiary/aromatic N) is 4. The Labute approximate surface area is 116 Å². The third kappa shape index (κ3) is 4.01. The average Bonchev–Trinajstić information content (AvgIpc) is 2.88. The van der Waals surface area contributed by atoms with Crippen LogP contribution in [0.4, 0.5) is 0 Å². The highest BCUT2D eigenvalue weighted by atomic mass is 15.3. The average molecular weight is 265 g/mol. The van der Waals surface area contributed by atoms with Crippen molar-refractivity contribution in [3.05, 3.63) is 12.2 Å². The third-order valence-corrected chi connectivity index (χ3v) is 4.02. The van der Waals surface area contributed by atoms with E-state index in [1.807, 2.05) is 6.33 Å². The highest BCUT2D eigenvalue weighted by Crippen LogP contribution is 2.10. The van der Waals surface area contributed by atoms with Gasteiger partial charge in [0.05, 0.1) is 0 Å². The van der Waals surface area contributed by atoms with Crippen molar-refractivity contribution in [1.82, 2.24) is 25.0 Å². The van der Waals surface area contributed by atoms with Gasteiger partial charge < -0.3 is 14.8 Å². The zero-order valence-electron chi connectivity index (χ0n) is 12.5. The molecule has 1 fully saturated rings. The Morgan fingerprint density at radius 1 is 1.37 bits per heavy atom. The predicted octanol–water partition coefficient (Wildman–Crippen LogP) is 1.48. The van der Waals surface area contributed by atoms with Crippen LogP contribution in [0.15, 0.2) is 6.33 Å². The largest absolute Gasteiger partial charge is 0.315 e. The first-order valence-corrected chi connectivity index (χ1v) is 7.54. The summed E-state index contributed by atoms with van der Waals surface area (Å²) in [4.78, 5) is 2.52. The minimum atomic E-state index is 0.442. The second-order valence-corrected chi connectivity index (χ2v) is 5.66. The smallest absolute Gasteiger partial charge is 0.134 e. The summed E-state index contributed by atoms with van der Waals surface area (Å²) in [5.74, 6) is 1.09. The zero-order chi connectivity index (χ0) is 13.7. The second kappa shape index (κ2) is 7.01. The lowest BCUT2D eigenvalue weighted by Crippen LogP contribution is -2.43. The summed E-state index contributed by atoms with van der Waals surface area (Å²) in [7, 11) is 0. The SMILES string of the molecule is CCN1CCC(NCCc2nncn2C(C)C)CC1. The Morgan fingerprint density at radius 3 is 2.74 bits per heavy atom. The molecule has 5 heteroatoms. The molecule has 0 saturated carbocycles. The van der Waals surface area contributed by atoms with E-state index in [-0.39, 0.29) is 0 Å². The van der Waals surface area contributed by atoms with Crippen molar-refractivity contribution >= 4 is 0 Å². The van der Waals surface area contributed by atoms with Crippen LogP contribution >= 0.6 is 0 Å². The normalized spacial score (nSPS) is 18.3. The van der Waals surface area contributed by atoms with Crippen molar-refractivity contribution in [2.75, 3.05) is 26.2 Å². The van der Waals surface area contributed by atoms with Crippen LogP contribution < -0.4 is 5.32 Å². The van der Waals surface area contributed by atoms with Crippen molar-refractivity contribution < 1.29 is 0 Å². The Kier molecular flexibility index (Phi) is 5.34. The summed E-state index contributed by atoms with van der Waals surface area (Å²) in [6.45, 7) is 11.2. The lowest BCUT2D eigenvalue weighted by molar-refractivity contribution is 0.207. The molecule has 2 rings (SSSR count). The van der Waals surface area contributed by atoms with Crippen LogP contribution in [0, 0.1) is 0 Å². The van der Waals surface area contributed by atoms with Crippen LogP contribution in [0.3, 0.4) is 0 Å². The standard InChI is InChI=1S/C14H27N5/c1-4-18-9-6-13(7-10-18)15-8-5-14-17-16-11-19(14)12(2)3/h11-13,15H,4-10H2,1-3H3. The summed E-state index contributed by atoms with van der Waals surface area (Å²) < 4.78 is 2.15. The van der Waals surface area contributed by atoms with Gasteiger partial charge in [-0.15, -0.1) is 10.2 Å². The second-order valence-electron chi connectivity index (χ2n) is 5.66. The molecule has 1 aromatic rings. The molecule has 0 spiro atoms. The van der Waals surface area contributed by atoms with Gasteiger partial charge in [-0.3, -0.25) is 0 Å². The Bertz CT molecular complexity index is 366. The Balaban J connectivity index is 1.71. The van der Waals surface area contributed by atoms with Crippen LogP contribution in [0.25, 0.3) is 0 Å². The fourth-order valence-corrected chi connectivity index (χ4v) is 2.72. The van der Waals surface area contributed by atoms with Gasteiger partial charge in [-0.1, -0.05) is 6.92 Å². The molecule has 0 aliphatic carbocycles. The molecule has 2 heterocycles. The van der Waals surface area contributed by atoms with Crippen molar-refractivity contribution in [2.45, 2.75) is 52.1 Å². The van der Waals surface area contributed by atoms with Crippen LogP contribution in [0.5, 0.6) is 0 Å². The van der Waals surface area contributed by atoms with Crippen LogP contribution in [0.1, 0.15) is 45.5 Å². The van der Waals surface area contributed by atoms with Crippen molar-refractivity contribution in [2.24, 2.45) is 0 Å². The topological polar surface area (TPSA) is 46.0 Å². The molecule has 1 aliphatic rings. The van der Waals surface area contributed by atoms with Gasteiger partial charge in [0.25, 0.3) is 0 Å². The Morgan fingerprint density at radius 2 is 2.11 bits per heavy atom. The lowest BCUT2D eigenvalue weighted by Gasteiger charge is -2.31. The fraction of sp³-hybridized carbons (Fsp3) is 0.857. The molecule has 0 amide bonds. The number of piperidine rings is 1.